The second-order valence-electron chi connectivity index (χ2n) is 9.07. The number of benzene rings is 3. The minimum absolute atomic E-state index is 0.183. The topological polar surface area (TPSA) is 110 Å². The first-order valence-corrected chi connectivity index (χ1v) is 11.9. The maximum atomic E-state index is 13.0. The predicted molar refractivity (Wildman–Crippen MR) is 141 cm³/mol. The Balaban J connectivity index is 1.58. The number of furan rings is 1. The number of carboxylic acid groups (broad SMARTS) is 1. The van der Waals surface area contributed by atoms with Crippen LogP contribution in [0.5, 0.6) is 0 Å². The number of carbonyl (C=O) groups excluding carboxylic acids is 1. The zero-order valence-corrected chi connectivity index (χ0v) is 20.6. The van der Waals surface area contributed by atoms with Crippen molar-refractivity contribution in [2.45, 2.75) is 33.2 Å². The first-order valence-electron chi connectivity index (χ1n) is 11.9. The van der Waals surface area contributed by atoms with Gasteiger partial charge in [0.25, 0.3) is 0 Å². The molecule has 0 saturated carbocycles. The Labute approximate surface area is 212 Å². The fraction of sp³-hybridized carbons (Fsp3) is 0.167. The normalized spacial score (nSPS) is 12.1. The highest BCUT2D eigenvalue weighted by atomic mass is 16.4. The van der Waals surface area contributed by atoms with Crippen molar-refractivity contribution < 1.29 is 23.5 Å². The van der Waals surface area contributed by atoms with Crippen LogP contribution in [-0.2, 0) is 16.0 Å². The molecule has 0 aliphatic carbocycles. The lowest BCUT2D eigenvalue weighted by Gasteiger charge is -2.15. The van der Waals surface area contributed by atoms with E-state index in [1.807, 2.05) is 50.2 Å². The maximum absolute atomic E-state index is 13.0. The van der Waals surface area contributed by atoms with E-state index in [0.29, 0.717) is 33.2 Å². The first kappa shape index (κ1) is 24.1. The number of carbonyl (C=O) groups is 2. The number of aryl methyl sites for hydroxylation is 3. The summed E-state index contributed by atoms with van der Waals surface area (Å²) in [4.78, 5) is 37.7. The van der Waals surface area contributed by atoms with Crippen molar-refractivity contribution in [3.8, 4) is 11.1 Å². The Kier molecular flexibility index (Phi) is 6.13. The third-order valence-corrected chi connectivity index (χ3v) is 6.72. The average molecular weight is 496 g/mol. The lowest BCUT2D eigenvalue weighted by atomic mass is 9.96. The molecular weight excluding hydrogens is 470 g/mol. The number of hydrogen-bond acceptors (Lipinski definition) is 5. The van der Waals surface area contributed by atoms with Gasteiger partial charge >= 0.3 is 11.6 Å². The molecule has 0 aliphatic heterocycles. The van der Waals surface area contributed by atoms with Gasteiger partial charge in [0, 0.05) is 21.9 Å². The van der Waals surface area contributed by atoms with Gasteiger partial charge in [-0.25, -0.2) is 9.59 Å². The highest BCUT2D eigenvalue weighted by Gasteiger charge is 2.25. The summed E-state index contributed by atoms with van der Waals surface area (Å²) in [7, 11) is 0. The summed E-state index contributed by atoms with van der Waals surface area (Å²) < 4.78 is 11.8. The van der Waals surface area contributed by atoms with E-state index in [1.54, 1.807) is 37.3 Å². The molecule has 0 spiro atoms. The Morgan fingerprint density at radius 1 is 0.865 bits per heavy atom. The number of amides is 1. The van der Waals surface area contributed by atoms with Gasteiger partial charge in [0.1, 0.15) is 16.9 Å². The molecule has 2 aromatic heterocycles. The van der Waals surface area contributed by atoms with Crippen molar-refractivity contribution in [1.82, 2.24) is 5.32 Å². The van der Waals surface area contributed by atoms with E-state index in [0.717, 1.165) is 22.3 Å². The summed E-state index contributed by atoms with van der Waals surface area (Å²) in [6, 6.07) is 19.0. The lowest BCUT2D eigenvalue weighted by Crippen LogP contribution is -2.35. The minimum Gasteiger partial charge on any atom is -0.479 e. The molecule has 0 unspecified atom stereocenters. The maximum Gasteiger partial charge on any atom is 0.340 e. The molecule has 2 heterocycles. The summed E-state index contributed by atoms with van der Waals surface area (Å²) in [6.45, 7) is 5.51. The van der Waals surface area contributed by atoms with Gasteiger partial charge in [0.15, 0.2) is 6.04 Å². The van der Waals surface area contributed by atoms with E-state index in [-0.39, 0.29) is 12.0 Å². The molecule has 3 aromatic carbocycles. The van der Waals surface area contributed by atoms with Crippen LogP contribution < -0.4 is 10.9 Å². The first-order chi connectivity index (χ1) is 17.8. The highest BCUT2D eigenvalue weighted by molar-refractivity contribution is 6.06. The molecule has 0 saturated heterocycles. The van der Waals surface area contributed by atoms with E-state index in [1.165, 1.54) is 0 Å². The van der Waals surface area contributed by atoms with Gasteiger partial charge in [-0.2, -0.15) is 0 Å². The molecule has 0 aliphatic rings. The van der Waals surface area contributed by atoms with Crippen molar-refractivity contribution in [2.75, 3.05) is 0 Å². The molecule has 2 N–H and O–H groups in total. The molecule has 186 valence electrons. The van der Waals surface area contributed by atoms with Gasteiger partial charge in [-0.05, 0) is 43.5 Å². The van der Waals surface area contributed by atoms with Crippen molar-refractivity contribution in [3.63, 3.8) is 0 Å². The summed E-state index contributed by atoms with van der Waals surface area (Å²) in [6.07, 6.45) is -0.312. The smallest absolute Gasteiger partial charge is 0.340 e. The molecule has 5 rings (SSSR count). The van der Waals surface area contributed by atoms with Crippen LogP contribution in [0, 0.1) is 20.8 Å². The standard InChI is InChI=1S/C30H25NO6/c1-16-21-14-23-25(19-10-6-4-7-11-19)18(3)36-28(23)17(2)27(21)37-30(35)22(16)15-24(32)31-26(29(33)34)20-12-8-5-9-13-20/h4-14,26H,15H2,1-3H3,(H,31,32)(H,33,34)/t26-/m0/s1. The SMILES string of the molecule is Cc1oc2c(C)c3oc(=O)c(CC(=O)N[C@H](C(=O)O)c4ccccc4)c(C)c3cc2c1-c1ccccc1. The van der Waals surface area contributed by atoms with Crippen molar-refractivity contribution in [2.24, 2.45) is 0 Å². The molecule has 7 nitrogen and oxygen atoms in total. The van der Waals surface area contributed by atoms with E-state index in [9.17, 15) is 19.5 Å². The largest absolute Gasteiger partial charge is 0.479 e. The van der Waals surface area contributed by atoms with Gasteiger partial charge < -0.3 is 19.3 Å². The fourth-order valence-corrected chi connectivity index (χ4v) is 4.85. The number of rotatable bonds is 6. The number of carboxylic acids is 1. The van der Waals surface area contributed by atoms with Crippen LogP contribution in [0.15, 0.2) is 80.4 Å². The minimum atomic E-state index is -1.23. The fourth-order valence-electron chi connectivity index (χ4n) is 4.85. The van der Waals surface area contributed by atoms with E-state index in [2.05, 4.69) is 5.32 Å². The van der Waals surface area contributed by atoms with E-state index >= 15 is 0 Å². The summed E-state index contributed by atoms with van der Waals surface area (Å²) in [5.74, 6) is -1.03. The van der Waals surface area contributed by atoms with E-state index in [4.69, 9.17) is 8.83 Å². The lowest BCUT2D eigenvalue weighted by molar-refractivity contribution is -0.142. The number of aliphatic carboxylic acids is 1. The molecule has 1 atom stereocenters. The average Bonchev–Trinajstić information content (AvgIpc) is 3.23. The monoisotopic (exact) mass is 495 g/mol. The summed E-state index contributed by atoms with van der Waals surface area (Å²) >= 11 is 0. The molecule has 0 fully saturated rings. The Bertz CT molecular complexity index is 1710. The number of fused-ring (bicyclic) bond motifs is 2. The molecule has 37 heavy (non-hydrogen) atoms. The van der Waals surface area contributed by atoms with Gasteiger partial charge in [-0.3, -0.25) is 4.79 Å². The quantitative estimate of drug-likeness (QED) is 0.296. The predicted octanol–water partition coefficient (Wildman–Crippen LogP) is 5.62. The molecule has 0 bridgehead atoms. The van der Waals surface area contributed by atoms with Crippen LogP contribution in [0.2, 0.25) is 0 Å². The molecular formula is C30H25NO6. The zero-order valence-electron chi connectivity index (χ0n) is 20.6. The molecule has 0 radical (unpaired) electrons. The Hall–Kier alpha value is -4.65. The van der Waals surface area contributed by atoms with Crippen LogP contribution in [0.4, 0.5) is 0 Å². The van der Waals surface area contributed by atoms with Crippen molar-refractivity contribution in [1.29, 1.82) is 0 Å². The van der Waals surface area contributed by atoms with Gasteiger partial charge in [-0.15, -0.1) is 0 Å². The molecule has 7 heteroatoms. The highest BCUT2D eigenvalue weighted by Crippen LogP contribution is 2.39. The molecule has 1 amide bonds. The van der Waals surface area contributed by atoms with Gasteiger partial charge in [0.05, 0.1) is 12.0 Å². The third-order valence-electron chi connectivity index (χ3n) is 6.72. The number of nitrogens with one attached hydrogen (secondary N) is 1. The molecule has 5 aromatic rings. The summed E-state index contributed by atoms with van der Waals surface area (Å²) in [5.41, 5.74) is 4.30. The second-order valence-corrected chi connectivity index (χ2v) is 9.07. The van der Waals surface area contributed by atoms with Crippen LogP contribution in [-0.4, -0.2) is 17.0 Å². The summed E-state index contributed by atoms with van der Waals surface area (Å²) in [5, 5.41) is 13.7. The van der Waals surface area contributed by atoms with Crippen LogP contribution in [0.1, 0.15) is 34.1 Å². The van der Waals surface area contributed by atoms with Crippen molar-refractivity contribution >= 4 is 33.8 Å². The Morgan fingerprint density at radius 3 is 2.14 bits per heavy atom. The van der Waals surface area contributed by atoms with Crippen molar-refractivity contribution in [3.05, 3.63) is 105 Å². The second kappa shape index (κ2) is 9.43. The van der Waals surface area contributed by atoms with Gasteiger partial charge in [-0.1, -0.05) is 60.7 Å². The number of hydrogen-bond donors (Lipinski definition) is 2. The zero-order chi connectivity index (χ0) is 26.3. The van der Waals surface area contributed by atoms with Crippen LogP contribution >= 0.6 is 0 Å². The van der Waals surface area contributed by atoms with Crippen LogP contribution in [0.25, 0.3) is 33.1 Å². The van der Waals surface area contributed by atoms with Gasteiger partial charge in [0.2, 0.25) is 5.91 Å². The Morgan fingerprint density at radius 2 is 1.49 bits per heavy atom. The van der Waals surface area contributed by atoms with Crippen LogP contribution in [0.3, 0.4) is 0 Å². The third kappa shape index (κ3) is 4.29. The van der Waals surface area contributed by atoms with E-state index < -0.39 is 23.5 Å².